The zero-order valence-corrected chi connectivity index (χ0v) is 8.77. The summed E-state index contributed by atoms with van der Waals surface area (Å²) in [5.41, 5.74) is 0.776. The molecule has 0 unspecified atom stereocenters. The summed E-state index contributed by atoms with van der Waals surface area (Å²) in [5.74, 6) is 0.730. The van der Waals surface area contributed by atoms with E-state index in [-0.39, 0.29) is 0 Å². The Morgan fingerprint density at radius 2 is 2.27 bits per heavy atom. The van der Waals surface area contributed by atoms with E-state index in [0.717, 1.165) is 17.7 Å². The van der Waals surface area contributed by atoms with Gasteiger partial charge in [0, 0.05) is 12.0 Å². The van der Waals surface area contributed by atoms with Crippen molar-refractivity contribution < 1.29 is 9.57 Å². The molecule has 3 heteroatoms. The van der Waals surface area contributed by atoms with Gasteiger partial charge in [-0.25, -0.2) is 0 Å². The van der Waals surface area contributed by atoms with Gasteiger partial charge in [-0.15, -0.1) is 6.58 Å². The van der Waals surface area contributed by atoms with Crippen LogP contribution >= 0.6 is 0 Å². The SMILES string of the molecule is C=CCCON=[C]c1ccccc1OC. The number of methoxy groups -OCH3 is 1. The van der Waals surface area contributed by atoms with Gasteiger partial charge in [-0.2, -0.15) is 0 Å². The van der Waals surface area contributed by atoms with Gasteiger partial charge in [0.2, 0.25) is 0 Å². The first-order valence-electron chi connectivity index (χ1n) is 4.70. The second-order valence-corrected chi connectivity index (χ2v) is 2.81. The van der Waals surface area contributed by atoms with Crippen LogP contribution in [0.3, 0.4) is 0 Å². The molecule has 0 aliphatic heterocycles. The van der Waals surface area contributed by atoms with Crippen molar-refractivity contribution >= 4 is 6.21 Å². The van der Waals surface area contributed by atoms with Crippen LogP contribution in [0.15, 0.2) is 42.1 Å². The second kappa shape index (κ2) is 6.65. The minimum atomic E-state index is 0.519. The average molecular weight is 204 g/mol. The van der Waals surface area contributed by atoms with Crippen LogP contribution in [0.25, 0.3) is 0 Å². The molecular formula is C12H14NO2. The molecule has 0 bridgehead atoms. The van der Waals surface area contributed by atoms with Gasteiger partial charge in [0.25, 0.3) is 0 Å². The summed E-state index contributed by atoms with van der Waals surface area (Å²) in [7, 11) is 1.61. The summed E-state index contributed by atoms with van der Waals surface area (Å²) in [6.07, 6.45) is 5.32. The largest absolute Gasteiger partial charge is 0.496 e. The Kier molecular flexibility index (Phi) is 5.01. The summed E-state index contributed by atoms with van der Waals surface area (Å²) in [4.78, 5) is 4.96. The van der Waals surface area contributed by atoms with E-state index in [1.807, 2.05) is 24.3 Å². The number of nitrogens with zero attached hydrogens (tertiary/aromatic N) is 1. The highest BCUT2D eigenvalue weighted by molar-refractivity contribution is 5.82. The van der Waals surface area contributed by atoms with Crippen molar-refractivity contribution in [2.45, 2.75) is 6.42 Å². The molecule has 79 valence electrons. The number of benzene rings is 1. The highest BCUT2D eigenvalue weighted by Gasteiger charge is 1.97. The van der Waals surface area contributed by atoms with E-state index in [1.54, 1.807) is 13.2 Å². The Balaban J connectivity index is 2.51. The molecule has 1 aromatic rings. The number of ether oxygens (including phenoxy) is 1. The monoisotopic (exact) mass is 204 g/mol. The molecular weight excluding hydrogens is 190 g/mol. The summed E-state index contributed by atoms with van der Waals surface area (Å²) in [6.45, 7) is 4.10. The lowest BCUT2D eigenvalue weighted by Crippen LogP contribution is -1.91. The maximum atomic E-state index is 5.13. The first-order valence-corrected chi connectivity index (χ1v) is 4.70. The smallest absolute Gasteiger partial charge is 0.143 e. The quantitative estimate of drug-likeness (QED) is 0.308. The van der Waals surface area contributed by atoms with Crippen molar-refractivity contribution in [1.29, 1.82) is 0 Å². The fourth-order valence-corrected chi connectivity index (χ4v) is 1.00. The van der Waals surface area contributed by atoms with E-state index < -0.39 is 0 Å². The molecule has 1 aromatic carbocycles. The van der Waals surface area contributed by atoms with Crippen molar-refractivity contribution in [2.75, 3.05) is 13.7 Å². The molecule has 0 fully saturated rings. The molecule has 0 spiro atoms. The molecule has 15 heavy (non-hydrogen) atoms. The molecule has 0 heterocycles. The zero-order valence-electron chi connectivity index (χ0n) is 8.77. The third kappa shape index (κ3) is 3.85. The maximum absolute atomic E-state index is 5.13. The van der Waals surface area contributed by atoms with Crippen LogP contribution in [0.5, 0.6) is 5.75 Å². The van der Waals surface area contributed by atoms with Crippen LogP contribution in [0.1, 0.15) is 12.0 Å². The van der Waals surface area contributed by atoms with E-state index in [2.05, 4.69) is 17.9 Å². The standard InChI is InChI=1S/C12H14NO2/c1-3-4-9-15-13-10-11-7-5-6-8-12(11)14-2/h3,5-8H,1,4,9H2,2H3. The fraction of sp³-hybridized carbons (Fsp3) is 0.250. The van der Waals surface area contributed by atoms with Crippen LogP contribution in [0, 0.1) is 0 Å². The van der Waals surface area contributed by atoms with Gasteiger partial charge in [-0.1, -0.05) is 23.4 Å². The lowest BCUT2D eigenvalue weighted by Gasteiger charge is -2.01. The first-order chi connectivity index (χ1) is 7.38. The Morgan fingerprint density at radius 1 is 1.47 bits per heavy atom. The van der Waals surface area contributed by atoms with E-state index in [9.17, 15) is 0 Å². The van der Waals surface area contributed by atoms with E-state index in [1.165, 1.54) is 0 Å². The highest BCUT2D eigenvalue weighted by atomic mass is 16.6. The molecule has 1 rings (SSSR count). The predicted octanol–water partition coefficient (Wildman–Crippen LogP) is 2.50. The third-order valence-corrected chi connectivity index (χ3v) is 1.75. The number of hydrogen-bond acceptors (Lipinski definition) is 3. The minimum Gasteiger partial charge on any atom is -0.496 e. The molecule has 3 nitrogen and oxygen atoms in total. The zero-order chi connectivity index (χ0) is 10.9. The summed E-state index contributed by atoms with van der Waals surface area (Å²) in [6, 6.07) is 7.49. The molecule has 0 atom stereocenters. The van der Waals surface area contributed by atoms with E-state index in [4.69, 9.17) is 9.57 Å². The molecule has 0 aliphatic rings. The molecule has 0 saturated carbocycles. The second-order valence-electron chi connectivity index (χ2n) is 2.81. The Bertz CT molecular complexity index is 334. The van der Waals surface area contributed by atoms with Gasteiger partial charge in [-0.05, 0) is 12.1 Å². The van der Waals surface area contributed by atoms with Gasteiger partial charge in [0.1, 0.15) is 18.6 Å². The Labute approximate surface area is 90.0 Å². The third-order valence-electron chi connectivity index (χ3n) is 1.75. The Morgan fingerprint density at radius 3 is 3.00 bits per heavy atom. The predicted molar refractivity (Wildman–Crippen MR) is 60.3 cm³/mol. The molecule has 0 aliphatic carbocycles. The summed E-state index contributed by atoms with van der Waals surface area (Å²) >= 11 is 0. The van der Waals surface area contributed by atoms with Crippen molar-refractivity contribution in [2.24, 2.45) is 5.16 Å². The van der Waals surface area contributed by atoms with E-state index in [0.29, 0.717) is 6.61 Å². The summed E-state index contributed by atoms with van der Waals surface area (Å²) in [5, 5.41) is 3.71. The average Bonchev–Trinajstić information content (AvgIpc) is 2.29. The minimum absolute atomic E-state index is 0.519. The van der Waals surface area contributed by atoms with Crippen molar-refractivity contribution in [1.82, 2.24) is 0 Å². The van der Waals surface area contributed by atoms with Crippen LogP contribution < -0.4 is 4.74 Å². The molecule has 0 aromatic heterocycles. The molecule has 0 saturated heterocycles. The number of rotatable bonds is 6. The normalized spacial score (nSPS) is 10.2. The van der Waals surface area contributed by atoms with Crippen LogP contribution in [-0.4, -0.2) is 19.9 Å². The fourth-order valence-electron chi connectivity index (χ4n) is 1.00. The summed E-state index contributed by atoms with van der Waals surface area (Å²) < 4.78 is 5.13. The Hall–Kier alpha value is -1.77. The highest BCUT2D eigenvalue weighted by Crippen LogP contribution is 2.14. The van der Waals surface area contributed by atoms with Crippen molar-refractivity contribution in [3.63, 3.8) is 0 Å². The van der Waals surface area contributed by atoms with E-state index >= 15 is 0 Å². The van der Waals surface area contributed by atoms with Crippen LogP contribution in [-0.2, 0) is 4.84 Å². The van der Waals surface area contributed by atoms with Gasteiger partial charge < -0.3 is 9.57 Å². The maximum Gasteiger partial charge on any atom is 0.143 e. The number of hydrogen-bond donors (Lipinski definition) is 0. The van der Waals surface area contributed by atoms with Gasteiger partial charge >= 0.3 is 0 Å². The lowest BCUT2D eigenvalue weighted by atomic mass is 10.2. The van der Waals surface area contributed by atoms with Gasteiger partial charge in [-0.3, -0.25) is 0 Å². The molecule has 1 radical (unpaired) electrons. The molecule has 0 N–H and O–H groups in total. The van der Waals surface area contributed by atoms with Crippen LogP contribution in [0.4, 0.5) is 0 Å². The number of para-hydroxylation sites is 1. The van der Waals surface area contributed by atoms with Gasteiger partial charge in [0.05, 0.1) is 7.11 Å². The topological polar surface area (TPSA) is 30.8 Å². The van der Waals surface area contributed by atoms with Crippen molar-refractivity contribution in [3.8, 4) is 5.75 Å². The van der Waals surface area contributed by atoms with Crippen molar-refractivity contribution in [3.05, 3.63) is 42.5 Å². The van der Waals surface area contributed by atoms with Gasteiger partial charge in [0.15, 0.2) is 0 Å². The van der Waals surface area contributed by atoms with Crippen LogP contribution in [0.2, 0.25) is 0 Å². The lowest BCUT2D eigenvalue weighted by molar-refractivity contribution is 0.151. The first kappa shape index (κ1) is 11.3. The molecule has 0 amide bonds.